The summed E-state index contributed by atoms with van der Waals surface area (Å²) in [5, 5.41) is 10.5. The van der Waals surface area contributed by atoms with Crippen molar-refractivity contribution in [3.8, 4) is 11.1 Å². The molecule has 1 fully saturated rings. The number of benzene rings is 1. The average Bonchev–Trinajstić information content (AvgIpc) is 3.38. The lowest BCUT2D eigenvalue weighted by atomic mass is 9.81. The highest BCUT2D eigenvalue weighted by Crippen LogP contribution is 2.45. The molecule has 2 aromatic heterocycles. The van der Waals surface area contributed by atoms with Gasteiger partial charge in [-0.25, -0.2) is 9.78 Å². The van der Waals surface area contributed by atoms with Crippen LogP contribution in [0.4, 0.5) is 5.69 Å². The van der Waals surface area contributed by atoms with Crippen molar-refractivity contribution in [1.82, 2.24) is 19.9 Å². The van der Waals surface area contributed by atoms with Crippen molar-refractivity contribution >= 4 is 11.7 Å². The van der Waals surface area contributed by atoms with E-state index in [-0.39, 0.29) is 5.41 Å². The molecular formula is C35H49N5O3. The van der Waals surface area contributed by atoms with Gasteiger partial charge in [-0.2, -0.15) is 0 Å². The van der Waals surface area contributed by atoms with Crippen LogP contribution < -0.4 is 4.90 Å². The fraction of sp³-hybridized carbons (Fsp3) is 0.571. The Morgan fingerprint density at radius 2 is 1.84 bits per heavy atom. The SMILES string of the molecule is CCc1ncc(CN2CCc3cc(-c4c(C)nc(C)c([C@H](OC(C)(C)C)C(=O)O)c4N4CCC(C)(C)CC4)ccc3C2)[nH]1. The fourth-order valence-electron chi connectivity index (χ4n) is 6.56. The van der Waals surface area contributed by atoms with E-state index in [0.29, 0.717) is 5.56 Å². The van der Waals surface area contributed by atoms with Crippen molar-refractivity contribution in [2.24, 2.45) is 5.41 Å². The number of hydrogen-bond donors (Lipinski definition) is 2. The zero-order valence-electron chi connectivity index (χ0n) is 27.3. The van der Waals surface area contributed by atoms with E-state index in [0.717, 1.165) is 98.1 Å². The molecule has 3 aromatic rings. The second-order valence-electron chi connectivity index (χ2n) is 14.2. The predicted molar refractivity (Wildman–Crippen MR) is 171 cm³/mol. The van der Waals surface area contributed by atoms with Crippen LogP contribution in [0.25, 0.3) is 11.1 Å². The number of ether oxygens (including phenoxy) is 1. The Balaban J connectivity index is 1.56. The molecule has 0 radical (unpaired) electrons. The van der Waals surface area contributed by atoms with E-state index in [1.54, 1.807) is 0 Å². The number of pyridine rings is 1. The van der Waals surface area contributed by atoms with Crippen LogP contribution in [0, 0.1) is 19.3 Å². The number of aliphatic carboxylic acids is 1. The van der Waals surface area contributed by atoms with Gasteiger partial charge in [0.05, 0.1) is 11.3 Å². The Bertz CT molecular complexity index is 1480. The topological polar surface area (TPSA) is 94.6 Å². The van der Waals surface area contributed by atoms with E-state index in [2.05, 4.69) is 65.7 Å². The Kier molecular flexibility index (Phi) is 8.74. The maximum absolute atomic E-state index is 12.8. The molecule has 0 unspecified atom stereocenters. The van der Waals surface area contributed by atoms with Crippen LogP contribution in [-0.2, 0) is 35.5 Å². The number of aryl methyl sites for hydroxylation is 3. The molecule has 1 saturated heterocycles. The Hall–Kier alpha value is -3.23. The lowest BCUT2D eigenvalue weighted by Crippen LogP contribution is -2.39. The van der Waals surface area contributed by atoms with Gasteiger partial charge in [-0.05, 0) is 76.0 Å². The number of hydrogen-bond acceptors (Lipinski definition) is 6. The molecule has 8 nitrogen and oxygen atoms in total. The standard InChI is InChI=1S/C35H49N5O3/c1-9-28-36-19-27(38-28)21-39-15-12-24-18-25(10-11-26(24)20-39)29-22(2)37-23(3)30(32(33(41)42)43-34(4,5)6)31(29)40-16-13-35(7,8)14-17-40/h10-11,18-19,32H,9,12-17,20-21H2,1-8H3,(H,36,38)(H,41,42)/t32-/m0/s1. The van der Waals surface area contributed by atoms with Crippen LogP contribution in [0.2, 0.25) is 0 Å². The predicted octanol–water partition coefficient (Wildman–Crippen LogP) is 6.78. The summed E-state index contributed by atoms with van der Waals surface area (Å²) in [6.45, 7) is 20.9. The van der Waals surface area contributed by atoms with Gasteiger partial charge in [0.2, 0.25) is 0 Å². The number of aromatic amines is 1. The lowest BCUT2D eigenvalue weighted by molar-refractivity contribution is -0.160. The van der Waals surface area contributed by atoms with Crippen LogP contribution in [-0.4, -0.2) is 56.2 Å². The fourth-order valence-corrected chi connectivity index (χ4v) is 6.56. The van der Waals surface area contributed by atoms with Gasteiger partial charge in [-0.15, -0.1) is 0 Å². The van der Waals surface area contributed by atoms with Gasteiger partial charge in [0.1, 0.15) is 5.82 Å². The molecule has 5 rings (SSSR count). The Morgan fingerprint density at radius 3 is 2.47 bits per heavy atom. The highest BCUT2D eigenvalue weighted by molar-refractivity contribution is 5.88. The number of carbonyl (C=O) groups is 1. The zero-order valence-corrected chi connectivity index (χ0v) is 27.3. The number of nitrogens with one attached hydrogen (secondary N) is 1. The van der Waals surface area contributed by atoms with Gasteiger partial charge in [0.25, 0.3) is 0 Å². The molecule has 43 heavy (non-hydrogen) atoms. The first kappa shape index (κ1) is 31.2. The summed E-state index contributed by atoms with van der Waals surface area (Å²) in [4.78, 5) is 30.5. The second-order valence-corrected chi connectivity index (χ2v) is 14.2. The van der Waals surface area contributed by atoms with Crippen LogP contribution in [0.5, 0.6) is 0 Å². The van der Waals surface area contributed by atoms with E-state index in [9.17, 15) is 9.90 Å². The minimum absolute atomic E-state index is 0.258. The molecule has 2 N–H and O–H groups in total. The number of rotatable bonds is 8. The van der Waals surface area contributed by atoms with E-state index in [1.165, 1.54) is 11.1 Å². The van der Waals surface area contributed by atoms with Crippen molar-refractivity contribution < 1.29 is 14.6 Å². The first-order valence-corrected chi connectivity index (χ1v) is 15.8. The van der Waals surface area contributed by atoms with Crippen molar-refractivity contribution in [2.75, 3.05) is 24.5 Å². The largest absolute Gasteiger partial charge is 0.479 e. The molecule has 8 heteroatoms. The molecule has 2 aliphatic rings. The molecule has 0 bridgehead atoms. The first-order chi connectivity index (χ1) is 20.2. The van der Waals surface area contributed by atoms with Gasteiger partial charge < -0.3 is 19.7 Å². The van der Waals surface area contributed by atoms with Gasteiger partial charge >= 0.3 is 5.97 Å². The van der Waals surface area contributed by atoms with E-state index in [4.69, 9.17) is 9.72 Å². The zero-order chi connectivity index (χ0) is 31.1. The Morgan fingerprint density at radius 1 is 1.12 bits per heavy atom. The van der Waals surface area contributed by atoms with Crippen molar-refractivity contribution in [3.63, 3.8) is 0 Å². The van der Waals surface area contributed by atoms with Crippen molar-refractivity contribution in [3.05, 3.63) is 64.0 Å². The van der Waals surface area contributed by atoms with Gasteiger partial charge in [-0.1, -0.05) is 39.0 Å². The molecule has 1 atom stereocenters. The summed E-state index contributed by atoms with van der Waals surface area (Å²) in [5.74, 6) is 0.0479. The number of imidazole rings is 1. The quantitative estimate of drug-likeness (QED) is 0.300. The van der Waals surface area contributed by atoms with Gasteiger partial charge in [-0.3, -0.25) is 9.88 Å². The molecular weight excluding hydrogens is 538 g/mol. The molecule has 0 saturated carbocycles. The number of carboxylic acid groups (broad SMARTS) is 1. The molecule has 4 heterocycles. The van der Waals surface area contributed by atoms with E-state index >= 15 is 0 Å². The third kappa shape index (κ3) is 6.96. The molecule has 0 amide bonds. The van der Waals surface area contributed by atoms with E-state index < -0.39 is 17.7 Å². The number of carboxylic acids is 1. The van der Waals surface area contributed by atoms with Crippen LogP contribution in [0.3, 0.4) is 0 Å². The van der Waals surface area contributed by atoms with Crippen molar-refractivity contribution in [1.29, 1.82) is 0 Å². The second kappa shape index (κ2) is 12.0. The third-order valence-corrected chi connectivity index (χ3v) is 8.97. The number of piperidine rings is 1. The highest BCUT2D eigenvalue weighted by atomic mass is 16.5. The van der Waals surface area contributed by atoms with E-state index in [1.807, 2.05) is 33.9 Å². The lowest BCUT2D eigenvalue weighted by Gasteiger charge is -2.41. The molecule has 1 aromatic carbocycles. The van der Waals surface area contributed by atoms with Crippen molar-refractivity contribution in [2.45, 2.75) is 106 Å². The average molecular weight is 588 g/mol. The Labute approximate surface area is 256 Å². The number of H-pyrrole nitrogens is 1. The van der Waals surface area contributed by atoms with Gasteiger partial charge in [0, 0.05) is 73.6 Å². The summed E-state index contributed by atoms with van der Waals surface area (Å²) in [5.41, 5.74) is 8.88. The van der Waals surface area contributed by atoms with Crippen LogP contribution >= 0.6 is 0 Å². The number of anilines is 1. The first-order valence-electron chi connectivity index (χ1n) is 15.8. The summed E-state index contributed by atoms with van der Waals surface area (Å²) >= 11 is 0. The minimum Gasteiger partial charge on any atom is -0.479 e. The maximum Gasteiger partial charge on any atom is 0.337 e. The molecule has 0 aliphatic carbocycles. The molecule has 0 spiro atoms. The van der Waals surface area contributed by atoms with Gasteiger partial charge in [0.15, 0.2) is 6.10 Å². The number of fused-ring (bicyclic) bond motifs is 1. The third-order valence-electron chi connectivity index (χ3n) is 8.97. The summed E-state index contributed by atoms with van der Waals surface area (Å²) in [6, 6.07) is 6.78. The smallest absolute Gasteiger partial charge is 0.337 e. The van der Waals surface area contributed by atoms with Crippen LogP contribution in [0.1, 0.15) is 100 Å². The summed E-state index contributed by atoms with van der Waals surface area (Å²) in [7, 11) is 0. The normalized spacial score (nSPS) is 18.0. The monoisotopic (exact) mass is 587 g/mol. The highest BCUT2D eigenvalue weighted by Gasteiger charge is 2.36. The molecule has 2 aliphatic heterocycles. The number of nitrogens with zero attached hydrogens (tertiary/aromatic N) is 4. The summed E-state index contributed by atoms with van der Waals surface area (Å²) < 4.78 is 6.25. The maximum atomic E-state index is 12.8. The summed E-state index contributed by atoms with van der Waals surface area (Å²) in [6.07, 6.45) is 4.80. The number of aromatic nitrogens is 3. The molecule has 232 valence electrons. The minimum atomic E-state index is -1.11. The van der Waals surface area contributed by atoms with Crippen LogP contribution in [0.15, 0.2) is 24.4 Å².